The van der Waals surface area contributed by atoms with Gasteiger partial charge in [-0.1, -0.05) is 19.3 Å². The summed E-state index contributed by atoms with van der Waals surface area (Å²) in [6.07, 6.45) is 9.39. The molecule has 2 heteroatoms. The highest BCUT2D eigenvalue weighted by Gasteiger charge is 2.31. The lowest BCUT2D eigenvalue weighted by molar-refractivity contribution is -0.126. The number of allylic oxidation sites excluding steroid dienone is 2. The predicted octanol–water partition coefficient (Wildman–Crippen LogP) is 2.28. The number of carbonyl (C=O) groups is 2. The molecule has 0 aliphatic heterocycles. The molecule has 2 aliphatic carbocycles. The van der Waals surface area contributed by atoms with Gasteiger partial charge in [-0.3, -0.25) is 9.59 Å². The third-order valence-corrected chi connectivity index (χ3v) is 3.44. The van der Waals surface area contributed by atoms with Crippen LogP contribution in [0.1, 0.15) is 38.5 Å². The second-order valence-electron chi connectivity index (χ2n) is 4.41. The Kier molecular flexibility index (Phi) is 2.80. The zero-order chi connectivity index (χ0) is 9.97. The molecule has 2 aliphatic rings. The van der Waals surface area contributed by atoms with Crippen LogP contribution in [-0.4, -0.2) is 11.6 Å². The van der Waals surface area contributed by atoms with E-state index in [0.29, 0.717) is 12.3 Å². The maximum absolute atomic E-state index is 11.6. The van der Waals surface area contributed by atoms with E-state index in [9.17, 15) is 9.59 Å². The molecule has 0 aromatic carbocycles. The Morgan fingerprint density at radius 2 is 1.71 bits per heavy atom. The van der Waals surface area contributed by atoms with Gasteiger partial charge in [0, 0.05) is 12.3 Å². The number of rotatable bonds is 1. The van der Waals surface area contributed by atoms with Gasteiger partial charge in [0.2, 0.25) is 0 Å². The summed E-state index contributed by atoms with van der Waals surface area (Å²) in [6, 6.07) is 0. The highest BCUT2D eigenvalue weighted by molar-refractivity contribution is 6.05. The highest BCUT2D eigenvalue weighted by atomic mass is 16.1. The molecule has 1 fully saturated rings. The summed E-state index contributed by atoms with van der Waals surface area (Å²) >= 11 is 0. The van der Waals surface area contributed by atoms with Crippen molar-refractivity contribution in [2.45, 2.75) is 38.5 Å². The van der Waals surface area contributed by atoms with Crippen LogP contribution in [0.2, 0.25) is 0 Å². The minimum absolute atomic E-state index is 0.00722. The molecule has 2 rings (SSSR count). The Morgan fingerprint density at radius 1 is 1.00 bits per heavy atom. The third-order valence-electron chi connectivity index (χ3n) is 3.44. The van der Waals surface area contributed by atoms with E-state index in [0.717, 1.165) is 12.8 Å². The summed E-state index contributed by atoms with van der Waals surface area (Å²) in [5.74, 6) is 0.787. The van der Waals surface area contributed by atoms with Crippen molar-refractivity contribution < 1.29 is 9.59 Å². The summed E-state index contributed by atoms with van der Waals surface area (Å²) < 4.78 is 0. The van der Waals surface area contributed by atoms with Crippen molar-refractivity contribution >= 4 is 11.6 Å². The van der Waals surface area contributed by atoms with Gasteiger partial charge in [-0.05, 0) is 30.9 Å². The standard InChI is InChI=1S/C12H16O2/c13-10-6-7-12(14)11(8-10)9-4-2-1-3-5-9/h6-7,9,11H,1-5,8H2. The molecule has 14 heavy (non-hydrogen) atoms. The summed E-state index contributed by atoms with van der Waals surface area (Å²) in [6.45, 7) is 0. The monoisotopic (exact) mass is 192 g/mol. The first-order valence-corrected chi connectivity index (χ1v) is 5.52. The Morgan fingerprint density at radius 3 is 2.43 bits per heavy atom. The number of carbonyl (C=O) groups excluding carboxylic acids is 2. The summed E-state index contributed by atoms with van der Waals surface area (Å²) in [5, 5.41) is 0. The fourth-order valence-electron chi connectivity index (χ4n) is 2.62. The molecule has 0 amide bonds. The van der Waals surface area contributed by atoms with Crippen molar-refractivity contribution in [3.8, 4) is 0 Å². The van der Waals surface area contributed by atoms with Crippen LogP contribution in [0.4, 0.5) is 0 Å². The van der Waals surface area contributed by atoms with Gasteiger partial charge >= 0.3 is 0 Å². The molecule has 0 spiro atoms. The van der Waals surface area contributed by atoms with E-state index in [2.05, 4.69) is 0 Å². The lowest BCUT2D eigenvalue weighted by atomic mass is 9.74. The van der Waals surface area contributed by atoms with E-state index in [-0.39, 0.29) is 17.5 Å². The second-order valence-corrected chi connectivity index (χ2v) is 4.41. The Labute approximate surface area is 84.4 Å². The molecule has 0 aromatic rings. The second kappa shape index (κ2) is 4.07. The van der Waals surface area contributed by atoms with E-state index in [1.165, 1.54) is 31.4 Å². The predicted molar refractivity (Wildman–Crippen MR) is 53.8 cm³/mol. The van der Waals surface area contributed by atoms with Crippen molar-refractivity contribution in [1.82, 2.24) is 0 Å². The Hall–Kier alpha value is -0.920. The van der Waals surface area contributed by atoms with Crippen LogP contribution in [0.15, 0.2) is 12.2 Å². The van der Waals surface area contributed by atoms with Crippen LogP contribution < -0.4 is 0 Å². The van der Waals surface area contributed by atoms with Crippen LogP contribution in [-0.2, 0) is 9.59 Å². The number of hydrogen-bond acceptors (Lipinski definition) is 2. The van der Waals surface area contributed by atoms with Gasteiger partial charge in [-0.2, -0.15) is 0 Å². The maximum Gasteiger partial charge on any atom is 0.159 e. The van der Waals surface area contributed by atoms with Gasteiger partial charge in [0.25, 0.3) is 0 Å². The number of ketones is 2. The van der Waals surface area contributed by atoms with Crippen LogP contribution in [0.5, 0.6) is 0 Å². The molecule has 0 N–H and O–H groups in total. The first-order valence-electron chi connectivity index (χ1n) is 5.52. The van der Waals surface area contributed by atoms with E-state index in [4.69, 9.17) is 0 Å². The minimum Gasteiger partial charge on any atom is -0.295 e. The van der Waals surface area contributed by atoms with Crippen molar-refractivity contribution in [3.05, 3.63) is 12.2 Å². The van der Waals surface area contributed by atoms with Gasteiger partial charge in [0.05, 0.1) is 0 Å². The largest absolute Gasteiger partial charge is 0.295 e. The molecule has 0 aromatic heterocycles. The van der Waals surface area contributed by atoms with Gasteiger partial charge in [0.15, 0.2) is 11.6 Å². The molecule has 0 saturated heterocycles. The molecule has 1 atom stereocenters. The van der Waals surface area contributed by atoms with Crippen molar-refractivity contribution in [1.29, 1.82) is 0 Å². The summed E-state index contributed by atoms with van der Waals surface area (Å²) in [4.78, 5) is 22.8. The van der Waals surface area contributed by atoms with Crippen LogP contribution in [0, 0.1) is 11.8 Å². The quantitative estimate of drug-likeness (QED) is 0.638. The lowest BCUT2D eigenvalue weighted by Gasteiger charge is -2.29. The molecule has 0 bridgehead atoms. The molecular formula is C12H16O2. The van der Waals surface area contributed by atoms with E-state index >= 15 is 0 Å². The first-order chi connectivity index (χ1) is 6.77. The van der Waals surface area contributed by atoms with Gasteiger partial charge in [-0.15, -0.1) is 0 Å². The zero-order valence-corrected chi connectivity index (χ0v) is 8.37. The van der Waals surface area contributed by atoms with Crippen LogP contribution in [0.3, 0.4) is 0 Å². The first kappa shape index (κ1) is 9.63. The van der Waals surface area contributed by atoms with E-state index < -0.39 is 0 Å². The third kappa shape index (κ3) is 1.94. The van der Waals surface area contributed by atoms with E-state index in [1.807, 2.05) is 0 Å². The summed E-state index contributed by atoms with van der Waals surface area (Å²) in [7, 11) is 0. The van der Waals surface area contributed by atoms with Gasteiger partial charge in [0.1, 0.15) is 0 Å². The SMILES string of the molecule is O=C1C=CC(=O)C(C2CCCCC2)C1. The van der Waals surface area contributed by atoms with Crippen LogP contribution >= 0.6 is 0 Å². The molecule has 0 heterocycles. The maximum atomic E-state index is 11.6. The van der Waals surface area contributed by atoms with Gasteiger partial charge in [-0.25, -0.2) is 0 Å². The average Bonchev–Trinajstić information content (AvgIpc) is 2.23. The molecule has 0 radical (unpaired) electrons. The average molecular weight is 192 g/mol. The fraction of sp³-hybridized carbons (Fsp3) is 0.667. The lowest BCUT2D eigenvalue weighted by Crippen LogP contribution is -2.29. The molecule has 76 valence electrons. The smallest absolute Gasteiger partial charge is 0.159 e. The fourth-order valence-corrected chi connectivity index (χ4v) is 2.62. The van der Waals surface area contributed by atoms with E-state index in [1.54, 1.807) is 0 Å². The molecule has 1 saturated carbocycles. The molecule has 1 unspecified atom stereocenters. The highest BCUT2D eigenvalue weighted by Crippen LogP contribution is 2.33. The normalized spacial score (nSPS) is 29.6. The summed E-state index contributed by atoms with van der Waals surface area (Å²) in [5.41, 5.74) is 0. The molecular weight excluding hydrogens is 176 g/mol. The van der Waals surface area contributed by atoms with Crippen LogP contribution in [0.25, 0.3) is 0 Å². The topological polar surface area (TPSA) is 34.1 Å². The van der Waals surface area contributed by atoms with Crippen molar-refractivity contribution in [2.24, 2.45) is 11.8 Å². The zero-order valence-electron chi connectivity index (χ0n) is 8.37. The van der Waals surface area contributed by atoms with Gasteiger partial charge < -0.3 is 0 Å². The Balaban J connectivity index is 2.05. The van der Waals surface area contributed by atoms with Crippen molar-refractivity contribution in [3.63, 3.8) is 0 Å². The number of hydrogen-bond donors (Lipinski definition) is 0. The van der Waals surface area contributed by atoms with Crippen molar-refractivity contribution in [2.75, 3.05) is 0 Å². The molecule has 2 nitrogen and oxygen atoms in total. The Bertz CT molecular complexity index is 272. The minimum atomic E-state index is 0.00722.